The van der Waals surface area contributed by atoms with Gasteiger partial charge in [0.1, 0.15) is 6.54 Å². The topological polar surface area (TPSA) is 41.8 Å². The largest absolute Gasteiger partial charge is 0.316 e. The van der Waals surface area contributed by atoms with E-state index in [-0.39, 0.29) is 23.7 Å². The van der Waals surface area contributed by atoms with Gasteiger partial charge in [0.05, 0.1) is 18.9 Å². The molecule has 3 atom stereocenters. The number of nitrogens with one attached hydrogen (secondary N) is 1. The van der Waals surface area contributed by atoms with Gasteiger partial charge in [-0.1, -0.05) is 36.6 Å². The van der Waals surface area contributed by atoms with Crippen molar-refractivity contribution >= 4 is 23.4 Å². The second-order valence-corrected chi connectivity index (χ2v) is 6.96. The van der Waals surface area contributed by atoms with Crippen LogP contribution in [0.3, 0.4) is 0 Å². The number of hydrogen-bond donors (Lipinski definition) is 1. The first kappa shape index (κ1) is 15.5. The summed E-state index contributed by atoms with van der Waals surface area (Å²) < 4.78 is 0. The molecule has 1 saturated carbocycles. The highest BCUT2D eigenvalue weighted by atomic mass is 35.5. The number of rotatable bonds is 4. The first-order valence-electron chi connectivity index (χ1n) is 7.97. The zero-order valence-electron chi connectivity index (χ0n) is 12.8. The molecule has 1 heterocycles. The minimum atomic E-state index is -0.0554. The Balaban J connectivity index is 1.65. The normalized spacial score (nSPS) is 26.2. The average Bonchev–Trinajstić information content (AvgIpc) is 2.73. The molecule has 1 aliphatic heterocycles. The lowest BCUT2D eigenvalue weighted by Crippen LogP contribution is -3.09. The van der Waals surface area contributed by atoms with Gasteiger partial charge in [0, 0.05) is 10.6 Å². The smallest absolute Gasteiger partial charge is 0.237 e. The van der Waals surface area contributed by atoms with Crippen LogP contribution < -0.4 is 4.90 Å². The number of fused-ring (bicyclic) bond motifs is 1. The van der Waals surface area contributed by atoms with Crippen LogP contribution in [-0.4, -0.2) is 30.4 Å². The summed E-state index contributed by atoms with van der Waals surface area (Å²) in [5, 5.41) is 0.713. The molecule has 4 nitrogen and oxygen atoms in total. The molecule has 0 radical (unpaired) electrons. The third-order valence-electron chi connectivity index (χ3n) is 4.76. The number of carbonyl (C=O) groups excluding carboxylic acids is 2. The van der Waals surface area contributed by atoms with E-state index in [9.17, 15) is 9.59 Å². The lowest BCUT2D eigenvalue weighted by molar-refractivity contribution is -0.901. The minimum Gasteiger partial charge on any atom is -0.316 e. The van der Waals surface area contributed by atoms with Gasteiger partial charge in [0.15, 0.2) is 6.67 Å². The van der Waals surface area contributed by atoms with Crippen LogP contribution in [0, 0.1) is 11.8 Å². The molecule has 1 N–H and O–H groups in total. The molecule has 22 heavy (non-hydrogen) atoms. The van der Waals surface area contributed by atoms with E-state index in [0.29, 0.717) is 11.7 Å². The van der Waals surface area contributed by atoms with Gasteiger partial charge in [0.25, 0.3) is 0 Å². The second kappa shape index (κ2) is 6.39. The summed E-state index contributed by atoms with van der Waals surface area (Å²) in [6.07, 6.45) is 3.89. The van der Waals surface area contributed by atoms with Crippen molar-refractivity contribution in [2.24, 2.45) is 11.8 Å². The molecule has 1 aromatic rings. The van der Waals surface area contributed by atoms with Gasteiger partial charge in [0.2, 0.25) is 11.8 Å². The summed E-state index contributed by atoms with van der Waals surface area (Å²) in [7, 11) is 2.00. The van der Waals surface area contributed by atoms with Gasteiger partial charge in [-0.25, -0.2) is 4.90 Å². The maximum Gasteiger partial charge on any atom is 0.237 e. The Bertz CT molecular complexity index is 566. The number of amides is 2. The Hall–Kier alpha value is -1.39. The molecule has 1 aromatic carbocycles. The highest BCUT2D eigenvalue weighted by Crippen LogP contribution is 2.37. The fourth-order valence-corrected chi connectivity index (χ4v) is 3.92. The Labute approximate surface area is 136 Å². The Morgan fingerprint density at radius 1 is 1.18 bits per heavy atom. The second-order valence-electron chi connectivity index (χ2n) is 6.52. The van der Waals surface area contributed by atoms with Crippen LogP contribution in [0.5, 0.6) is 0 Å². The van der Waals surface area contributed by atoms with E-state index in [1.165, 1.54) is 4.90 Å². The first-order valence-corrected chi connectivity index (χ1v) is 8.35. The number of imide groups is 1. The number of hydrogen-bond acceptors (Lipinski definition) is 2. The Morgan fingerprint density at radius 3 is 2.41 bits per heavy atom. The Kier molecular flexibility index (Phi) is 4.50. The molecule has 0 spiro atoms. The molecule has 1 aliphatic carbocycles. The van der Waals surface area contributed by atoms with Crippen molar-refractivity contribution in [2.45, 2.75) is 32.2 Å². The van der Waals surface area contributed by atoms with Crippen molar-refractivity contribution in [3.05, 3.63) is 34.9 Å². The van der Waals surface area contributed by atoms with Crippen LogP contribution in [-0.2, 0) is 16.1 Å². The van der Waals surface area contributed by atoms with Gasteiger partial charge >= 0.3 is 0 Å². The van der Waals surface area contributed by atoms with E-state index in [1.54, 1.807) is 0 Å². The number of nitrogens with zero attached hydrogens (tertiary/aromatic N) is 1. The van der Waals surface area contributed by atoms with Crippen molar-refractivity contribution in [1.29, 1.82) is 0 Å². The predicted molar refractivity (Wildman–Crippen MR) is 84.2 cm³/mol. The van der Waals surface area contributed by atoms with E-state index in [4.69, 9.17) is 11.6 Å². The van der Waals surface area contributed by atoms with Crippen molar-refractivity contribution < 1.29 is 14.5 Å². The molecule has 1 unspecified atom stereocenters. The molecular weight excluding hydrogens is 300 g/mol. The fraction of sp³-hybridized carbons (Fsp3) is 0.529. The van der Waals surface area contributed by atoms with Crippen molar-refractivity contribution in [3.63, 3.8) is 0 Å². The molecule has 0 bridgehead atoms. The third kappa shape index (κ3) is 3.03. The van der Waals surface area contributed by atoms with Crippen molar-refractivity contribution in [2.75, 3.05) is 13.7 Å². The quantitative estimate of drug-likeness (QED) is 0.854. The Morgan fingerprint density at radius 2 is 1.82 bits per heavy atom. The molecule has 3 rings (SSSR count). The van der Waals surface area contributed by atoms with Crippen LogP contribution in [0.25, 0.3) is 0 Å². The standard InChI is InChI=1S/C17H21ClN2O2/c1-19(10-12-5-4-6-13(18)9-12)11-20-16(21)14-7-2-3-8-15(14)17(20)22/h4-6,9,14-15H,2-3,7-8,10-11H2,1H3/p+1/t14-,15-/m0/s1. The van der Waals surface area contributed by atoms with E-state index in [1.807, 2.05) is 31.3 Å². The van der Waals surface area contributed by atoms with Crippen molar-refractivity contribution in [3.8, 4) is 0 Å². The summed E-state index contributed by atoms with van der Waals surface area (Å²) >= 11 is 6.00. The average molecular weight is 322 g/mol. The van der Waals surface area contributed by atoms with Crippen LogP contribution in [0.2, 0.25) is 5.02 Å². The van der Waals surface area contributed by atoms with Crippen LogP contribution in [0.1, 0.15) is 31.2 Å². The number of likely N-dealkylation sites (tertiary alicyclic amines) is 1. The maximum absolute atomic E-state index is 12.5. The minimum absolute atomic E-state index is 0.0418. The van der Waals surface area contributed by atoms with Gasteiger partial charge in [-0.3, -0.25) is 9.59 Å². The zero-order chi connectivity index (χ0) is 15.7. The summed E-state index contributed by atoms with van der Waals surface area (Å²) in [6, 6.07) is 7.71. The number of carbonyl (C=O) groups is 2. The van der Waals surface area contributed by atoms with Gasteiger partial charge in [-0.15, -0.1) is 0 Å². The number of halogens is 1. The summed E-state index contributed by atoms with van der Waals surface area (Å²) in [5.41, 5.74) is 1.11. The van der Waals surface area contributed by atoms with Gasteiger partial charge in [-0.05, 0) is 25.0 Å². The molecular formula is C17H22ClN2O2+. The van der Waals surface area contributed by atoms with E-state index < -0.39 is 0 Å². The van der Waals surface area contributed by atoms with Crippen LogP contribution in [0.15, 0.2) is 24.3 Å². The summed E-state index contributed by atoms with van der Waals surface area (Å²) in [6.45, 7) is 1.18. The zero-order valence-corrected chi connectivity index (χ0v) is 13.6. The SMILES string of the molecule is C[NH+](Cc1cccc(Cl)c1)CN1C(=O)[C@H]2CCCC[C@@H]2C1=O. The van der Waals surface area contributed by atoms with Gasteiger partial charge in [-0.2, -0.15) is 0 Å². The number of benzene rings is 1. The molecule has 1 saturated heterocycles. The van der Waals surface area contributed by atoms with E-state index >= 15 is 0 Å². The highest BCUT2D eigenvalue weighted by molar-refractivity contribution is 6.30. The molecule has 2 fully saturated rings. The summed E-state index contributed by atoms with van der Waals surface area (Å²) in [4.78, 5) is 27.5. The summed E-state index contributed by atoms with van der Waals surface area (Å²) in [5.74, 6) is -0.0271. The lowest BCUT2D eigenvalue weighted by atomic mass is 9.81. The molecule has 2 aliphatic rings. The highest BCUT2D eigenvalue weighted by Gasteiger charge is 2.48. The van der Waals surface area contributed by atoms with E-state index in [0.717, 1.165) is 42.7 Å². The number of quaternary nitrogens is 1. The van der Waals surface area contributed by atoms with Crippen LogP contribution >= 0.6 is 11.6 Å². The maximum atomic E-state index is 12.5. The van der Waals surface area contributed by atoms with E-state index in [2.05, 4.69) is 0 Å². The molecule has 5 heteroatoms. The third-order valence-corrected chi connectivity index (χ3v) is 4.99. The molecule has 0 aromatic heterocycles. The molecule has 2 amide bonds. The first-order chi connectivity index (χ1) is 10.6. The van der Waals surface area contributed by atoms with Gasteiger partial charge < -0.3 is 4.90 Å². The fourth-order valence-electron chi connectivity index (χ4n) is 3.71. The predicted octanol–water partition coefficient (Wildman–Crippen LogP) is 1.49. The lowest BCUT2D eigenvalue weighted by Gasteiger charge is -2.20. The molecule has 118 valence electrons. The van der Waals surface area contributed by atoms with Crippen molar-refractivity contribution in [1.82, 2.24) is 4.90 Å². The monoisotopic (exact) mass is 321 g/mol. The van der Waals surface area contributed by atoms with Crippen LogP contribution in [0.4, 0.5) is 0 Å².